The zero-order valence-corrected chi connectivity index (χ0v) is 8.88. The van der Waals surface area contributed by atoms with Crippen molar-refractivity contribution in [1.29, 1.82) is 5.26 Å². The number of nitriles is 1. The third kappa shape index (κ3) is 1.82. The van der Waals surface area contributed by atoms with Crippen LogP contribution in [0.15, 0.2) is 42.2 Å². The molecule has 0 saturated heterocycles. The van der Waals surface area contributed by atoms with E-state index in [2.05, 4.69) is 0 Å². The minimum atomic E-state index is -0.744. The number of benzene rings is 1. The molecule has 2 unspecified atom stereocenters. The second-order valence-electron chi connectivity index (χ2n) is 3.74. The Labute approximate surface area is 94.0 Å². The van der Waals surface area contributed by atoms with Gasteiger partial charge in [0.25, 0.3) is 0 Å². The normalized spacial score (nSPS) is 24.2. The lowest BCUT2D eigenvalue weighted by atomic mass is 9.85. The van der Waals surface area contributed by atoms with Gasteiger partial charge in [-0.15, -0.1) is 0 Å². The monoisotopic (exact) mass is 213 g/mol. The van der Waals surface area contributed by atoms with Crippen molar-refractivity contribution in [3.05, 3.63) is 47.7 Å². The Balaban J connectivity index is 2.42. The van der Waals surface area contributed by atoms with E-state index in [0.717, 1.165) is 5.56 Å². The lowest BCUT2D eigenvalue weighted by Gasteiger charge is -2.23. The van der Waals surface area contributed by atoms with E-state index >= 15 is 0 Å². The van der Waals surface area contributed by atoms with Gasteiger partial charge in [0.1, 0.15) is 5.76 Å². The number of ether oxygens (including phenoxy) is 1. The van der Waals surface area contributed by atoms with E-state index in [0.29, 0.717) is 5.76 Å². The van der Waals surface area contributed by atoms with Crippen molar-refractivity contribution < 1.29 is 9.53 Å². The molecule has 0 aliphatic carbocycles. The van der Waals surface area contributed by atoms with Gasteiger partial charge in [-0.3, -0.25) is 4.79 Å². The molecule has 3 heteroatoms. The summed E-state index contributed by atoms with van der Waals surface area (Å²) in [6, 6.07) is 11.5. The molecule has 0 bridgehead atoms. The number of carbonyl (C=O) groups is 1. The van der Waals surface area contributed by atoms with E-state index in [1.807, 2.05) is 42.5 Å². The summed E-state index contributed by atoms with van der Waals surface area (Å²) in [5.74, 6) is -0.847. The molecule has 0 aromatic heterocycles. The van der Waals surface area contributed by atoms with Gasteiger partial charge in [0.05, 0.1) is 6.07 Å². The van der Waals surface area contributed by atoms with Crippen LogP contribution in [-0.4, -0.2) is 5.97 Å². The number of carbonyl (C=O) groups excluding carboxylic acids is 1. The first-order valence-corrected chi connectivity index (χ1v) is 5.07. The summed E-state index contributed by atoms with van der Waals surface area (Å²) in [4.78, 5) is 11.5. The smallest absolute Gasteiger partial charge is 0.329 e. The van der Waals surface area contributed by atoms with Crippen molar-refractivity contribution in [2.45, 2.75) is 12.8 Å². The maximum absolute atomic E-state index is 11.5. The molecule has 0 saturated carbocycles. The zero-order chi connectivity index (χ0) is 11.5. The molecule has 1 aliphatic rings. The number of allylic oxidation sites excluding steroid dienone is 2. The van der Waals surface area contributed by atoms with E-state index in [4.69, 9.17) is 10.00 Å². The molecule has 1 aromatic rings. The molecule has 3 nitrogen and oxygen atoms in total. The Bertz CT molecular complexity index is 470. The fourth-order valence-corrected chi connectivity index (χ4v) is 1.85. The van der Waals surface area contributed by atoms with Gasteiger partial charge in [0, 0.05) is 5.92 Å². The Morgan fingerprint density at radius 2 is 2.00 bits per heavy atom. The topological polar surface area (TPSA) is 50.1 Å². The van der Waals surface area contributed by atoms with Gasteiger partial charge in [-0.2, -0.15) is 5.26 Å². The second kappa shape index (κ2) is 4.19. The molecule has 1 heterocycles. The Kier molecular flexibility index (Phi) is 2.74. The molecule has 1 aromatic carbocycles. The molecule has 80 valence electrons. The van der Waals surface area contributed by atoms with Crippen LogP contribution in [0.2, 0.25) is 0 Å². The van der Waals surface area contributed by atoms with E-state index in [9.17, 15) is 4.79 Å². The number of cyclic esters (lactones) is 1. The summed E-state index contributed by atoms with van der Waals surface area (Å²) in [6.45, 7) is 1.72. The average Bonchev–Trinajstić information content (AvgIpc) is 2.29. The molecule has 2 atom stereocenters. The van der Waals surface area contributed by atoms with Crippen molar-refractivity contribution in [3.8, 4) is 6.07 Å². The predicted octanol–water partition coefficient (Wildman–Crippen LogP) is 2.37. The zero-order valence-electron chi connectivity index (χ0n) is 8.88. The van der Waals surface area contributed by atoms with Gasteiger partial charge >= 0.3 is 5.97 Å². The summed E-state index contributed by atoms with van der Waals surface area (Å²) in [7, 11) is 0. The highest BCUT2D eigenvalue weighted by molar-refractivity contribution is 5.79. The fourth-order valence-electron chi connectivity index (χ4n) is 1.85. The Morgan fingerprint density at radius 1 is 1.31 bits per heavy atom. The van der Waals surface area contributed by atoms with Gasteiger partial charge in [0.15, 0.2) is 5.92 Å². The molecule has 2 rings (SSSR count). The molecule has 0 amide bonds. The van der Waals surface area contributed by atoms with Crippen LogP contribution < -0.4 is 0 Å². The average molecular weight is 213 g/mol. The highest BCUT2D eigenvalue weighted by Gasteiger charge is 2.33. The summed E-state index contributed by atoms with van der Waals surface area (Å²) in [6.07, 6.45) is 1.82. The molecule has 0 spiro atoms. The van der Waals surface area contributed by atoms with Crippen molar-refractivity contribution in [2.24, 2.45) is 5.92 Å². The van der Waals surface area contributed by atoms with Crippen LogP contribution in [0.3, 0.4) is 0 Å². The quantitative estimate of drug-likeness (QED) is 0.673. The van der Waals surface area contributed by atoms with Gasteiger partial charge < -0.3 is 4.74 Å². The number of nitrogens with zero attached hydrogens (tertiary/aromatic N) is 1. The second-order valence-corrected chi connectivity index (χ2v) is 3.74. The van der Waals surface area contributed by atoms with E-state index < -0.39 is 11.9 Å². The van der Waals surface area contributed by atoms with E-state index in [1.54, 1.807) is 6.92 Å². The van der Waals surface area contributed by atoms with E-state index in [-0.39, 0.29) is 5.92 Å². The fraction of sp³-hybridized carbons (Fsp3) is 0.231. The van der Waals surface area contributed by atoms with Crippen molar-refractivity contribution >= 4 is 5.97 Å². The minimum absolute atomic E-state index is 0.201. The van der Waals surface area contributed by atoms with Crippen LogP contribution in [0.5, 0.6) is 0 Å². The van der Waals surface area contributed by atoms with E-state index in [1.165, 1.54) is 0 Å². The Hall–Kier alpha value is -2.08. The minimum Gasteiger partial charge on any atom is -0.431 e. The molecule has 0 fully saturated rings. The lowest BCUT2D eigenvalue weighted by Crippen LogP contribution is -2.26. The largest absolute Gasteiger partial charge is 0.431 e. The van der Waals surface area contributed by atoms with Gasteiger partial charge in [-0.1, -0.05) is 30.3 Å². The molecule has 0 radical (unpaired) electrons. The van der Waals surface area contributed by atoms with Crippen molar-refractivity contribution in [1.82, 2.24) is 0 Å². The first-order valence-electron chi connectivity index (χ1n) is 5.07. The van der Waals surface area contributed by atoms with Crippen LogP contribution >= 0.6 is 0 Å². The van der Waals surface area contributed by atoms with Crippen molar-refractivity contribution in [2.75, 3.05) is 0 Å². The first kappa shape index (κ1) is 10.4. The maximum atomic E-state index is 11.5. The molecule has 0 N–H and O–H groups in total. The summed E-state index contributed by atoms with van der Waals surface area (Å²) >= 11 is 0. The number of rotatable bonds is 1. The number of hydrogen-bond acceptors (Lipinski definition) is 3. The highest BCUT2D eigenvalue weighted by Crippen LogP contribution is 2.32. The number of hydrogen-bond donors (Lipinski definition) is 0. The third-order valence-electron chi connectivity index (χ3n) is 2.61. The standard InChI is InChI=1S/C13H11NO2/c1-9-7-11(10-5-3-2-4-6-10)12(8-14)13(15)16-9/h2-7,11-12H,1H3. The van der Waals surface area contributed by atoms with Crippen LogP contribution in [0.4, 0.5) is 0 Å². The van der Waals surface area contributed by atoms with Gasteiger partial charge in [-0.25, -0.2) is 0 Å². The third-order valence-corrected chi connectivity index (χ3v) is 2.61. The van der Waals surface area contributed by atoms with Crippen LogP contribution in [0.1, 0.15) is 18.4 Å². The van der Waals surface area contributed by atoms with Gasteiger partial charge in [-0.05, 0) is 18.6 Å². The number of esters is 1. The molecule has 16 heavy (non-hydrogen) atoms. The van der Waals surface area contributed by atoms with Crippen molar-refractivity contribution in [3.63, 3.8) is 0 Å². The van der Waals surface area contributed by atoms with Crippen LogP contribution in [0, 0.1) is 17.2 Å². The SMILES string of the molecule is CC1=CC(c2ccccc2)C(C#N)C(=O)O1. The molecular formula is C13H11NO2. The predicted molar refractivity (Wildman–Crippen MR) is 58.1 cm³/mol. The molecular weight excluding hydrogens is 202 g/mol. The lowest BCUT2D eigenvalue weighted by molar-refractivity contribution is -0.143. The van der Waals surface area contributed by atoms with Gasteiger partial charge in [0.2, 0.25) is 0 Å². The summed E-state index contributed by atoms with van der Waals surface area (Å²) < 4.78 is 4.94. The first-order chi connectivity index (χ1) is 7.72. The maximum Gasteiger partial charge on any atom is 0.329 e. The van der Waals surface area contributed by atoms with Crippen LogP contribution in [-0.2, 0) is 9.53 Å². The Morgan fingerprint density at radius 3 is 2.62 bits per heavy atom. The van der Waals surface area contributed by atoms with Crippen LogP contribution in [0.25, 0.3) is 0 Å². The highest BCUT2D eigenvalue weighted by atomic mass is 16.5. The molecule has 1 aliphatic heterocycles. The summed E-state index contributed by atoms with van der Waals surface area (Å²) in [5.41, 5.74) is 0.963. The summed E-state index contributed by atoms with van der Waals surface area (Å²) in [5, 5.41) is 9.00.